The van der Waals surface area contributed by atoms with Gasteiger partial charge in [0.05, 0.1) is 24.6 Å². The number of oxazole rings is 1. The van der Waals surface area contributed by atoms with Crippen LogP contribution in [0.4, 0.5) is 0 Å². The summed E-state index contributed by atoms with van der Waals surface area (Å²) in [6, 6.07) is 10.2. The topological polar surface area (TPSA) is 82.3 Å². The van der Waals surface area contributed by atoms with E-state index in [2.05, 4.69) is 58.2 Å². The van der Waals surface area contributed by atoms with Crippen LogP contribution in [-0.4, -0.2) is 39.4 Å². The number of nitrogens with zero attached hydrogens (tertiary/aromatic N) is 4. The fraction of sp³-hybridized carbons (Fsp3) is 0.409. The van der Waals surface area contributed by atoms with Gasteiger partial charge in [0.25, 0.3) is 0 Å². The second-order valence-electron chi connectivity index (χ2n) is 8.00. The second-order valence-corrected chi connectivity index (χ2v) is 8.00. The molecule has 0 aliphatic carbocycles. The zero-order chi connectivity index (χ0) is 20.9. The van der Waals surface area contributed by atoms with Crippen molar-refractivity contribution in [2.75, 3.05) is 13.6 Å². The molecule has 0 amide bonds. The van der Waals surface area contributed by atoms with Gasteiger partial charge in [-0.15, -0.1) is 0 Å². The summed E-state index contributed by atoms with van der Waals surface area (Å²) in [5, 5.41) is 3.31. The molecule has 0 saturated carbocycles. The van der Waals surface area contributed by atoms with E-state index in [0.717, 1.165) is 35.3 Å². The summed E-state index contributed by atoms with van der Waals surface area (Å²) in [6.45, 7) is 10.1. The van der Waals surface area contributed by atoms with Gasteiger partial charge in [0, 0.05) is 19.0 Å². The molecule has 7 nitrogen and oxygen atoms in total. The van der Waals surface area contributed by atoms with Gasteiger partial charge in [-0.1, -0.05) is 51.1 Å². The van der Waals surface area contributed by atoms with E-state index in [1.54, 1.807) is 6.20 Å². The van der Waals surface area contributed by atoms with Crippen LogP contribution in [0.2, 0.25) is 0 Å². The molecule has 0 aliphatic heterocycles. The van der Waals surface area contributed by atoms with Gasteiger partial charge in [0.15, 0.2) is 5.96 Å². The summed E-state index contributed by atoms with van der Waals surface area (Å²) < 4.78 is 5.84. The van der Waals surface area contributed by atoms with Crippen molar-refractivity contribution in [2.24, 2.45) is 4.99 Å². The maximum absolute atomic E-state index is 5.84. The zero-order valence-corrected chi connectivity index (χ0v) is 17.9. The van der Waals surface area contributed by atoms with Crippen LogP contribution < -0.4 is 5.32 Å². The summed E-state index contributed by atoms with van der Waals surface area (Å²) in [7, 11) is 1.99. The molecular formula is C22H30N6O. The summed E-state index contributed by atoms with van der Waals surface area (Å²) in [6.07, 6.45) is 3.65. The third-order valence-electron chi connectivity index (χ3n) is 4.45. The minimum atomic E-state index is -0.0635. The number of rotatable bonds is 6. The Labute approximate surface area is 172 Å². The molecule has 154 valence electrons. The number of H-pyrrole nitrogens is 1. The van der Waals surface area contributed by atoms with Crippen LogP contribution in [-0.2, 0) is 18.5 Å². The van der Waals surface area contributed by atoms with Gasteiger partial charge in [-0.3, -0.25) is 0 Å². The molecule has 0 unspecified atom stereocenters. The number of aliphatic imine (C=N–C) groups is 1. The molecule has 0 aliphatic rings. The minimum Gasteiger partial charge on any atom is -0.443 e. The average molecular weight is 395 g/mol. The Morgan fingerprint density at radius 1 is 1.17 bits per heavy atom. The Bertz CT molecular complexity index is 936. The lowest BCUT2D eigenvalue weighted by Gasteiger charge is -2.20. The second kappa shape index (κ2) is 8.94. The number of benzene rings is 1. The Balaban J connectivity index is 1.68. The van der Waals surface area contributed by atoms with Crippen molar-refractivity contribution in [1.82, 2.24) is 25.2 Å². The zero-order valence-electron chi connectivity index (χ0n) is 17.9. The first-order valence-electron chi connectivity index (χ1n) is 9.90. The highest BCUT2D eigenvalue weighted by molar-refractivity contribution is 5.79. The van der Waals surface area contributed by atoms with Gasteiger partial charge in [0.2, 0.25) is 5.89 Å². The van der Waals surface area contributed by atoms with Crippen LogP contribution in [0, 0.1) is 0 Å². The first-order chi connectivity index (χ1) is 13.9. The van der Waals surface area contributed by atoms with Crippen molar-refractivity contribution in [3.63, 3.8) is 0 Å². The molecule has 0 saturated heterocycles. The van der Waals surface area contributed by atoms with Crippen molar-refractivity contribution < 1.29 is 4.42 Å². The van der Waals surface area contributed by atoms with Gasteiger partial charge >= 0.3 is 0 Å². The molecule has 2 aromatic heterocycles. The lowest BCUT2D eigenvalue weighted by atomic mass is 9.94. The van der Waals surface area contributed by atoms with E-state index in [0.29, 0.717) is 19.0 Å². The van der Waals surface area contributed by atoms with Crippen LogP contribution in [0.15, 0.2) is 52.1 Å². The van der Waals surface area contributed by atoms with Gasteiger partial charge in [-0.05, 0) is 12.5 Å². The number of hydrogen-bond donors (Lipinski definition) is 2. The minimum absolute atomic E-state index is 0.0635. The molecule has 0 radical (unpaired) electrons. The summed E-state index contributed by atoms with van der Waals surface area (Å²) in [5.74, 6) is 3.14. The van der Waals surface area contributed by atoms with Gasteiger partial charge in [-0.2, -0.15) is 0 Å². The van der Waals surface area contributed by atoms with Crippen molar-refractivity contribution in [2.45, 2.75) is 46.2 Å². The number of hydrogen-bond acceptors (Lipinski definition) is 4. The van der Waals surface area contributed by atoms with Crippen LogP contribution in [0.3, 0.4) is 0 Å². The number of nitrogens with one attached hydrogen (secondary N) is 2. The van der Waals surface area contributed by atoms with E-state index in [9.17, 15) is 0 Å². The van der Waals surface area contributed by atoms with E-state index >= 15 is 0 Å². The Hall–Kier alpha value is -3.09. The Morgan fingerprint density at radius 3 is 2.59 bits per heavy atom. The van der Waals surface area contributed by atoms with Gasteiger partial charge in [-0.25, -0.2) is 15.0 Å². The lowest BCUT2D eigenvalue weighted by Crippen LogP contribution is -2.38. The first kappa shape index (κ1) is 20.6. The molecule has 0 fully saturated rings. The molecule has 3 rings (SSSR count). The molecule has 2 heterocycles. The van der Waals surface area contributed by atoms with E-state index in [-0.39, 0.29) is 5.41 Å². The van der Waals surface area contributed by atoms with Crippen molar-refractivity contribution in [1.29, 1.82) is 0 Å². The van der Waals surface area contributed by atoms with Crippen LogP contribution in [0.25, 0.3) is 11.3 Å². The summed E-state index contributed by atoms with van der Waals surface area (Å²) in [4.78, 5) is 19.0. The quantitative estimate of drug-likeness (QED) is 0.488. The maximum Gasteiger partial charge on any atom is 0.216 e. The highest BCUT2D eigenvalue weighted by Gasteiger charge is 2.19. The third-order valence-corrected chi connectivity index (χ3v) is 4.45. The SMILES string of the molecule is CCNC(=NCc1ncc(C(C)(C)C)o1)N(C)Cc1ncc(-c2ccccc2)[nH]1. The predicted molar refractivity (Wildman–Crippen MR) is 116 cm³/mol. The Kier molecular flexibility index (Phi) is 6.36. The number of imidazole rings is 1. The van der Waals surface area contributed by atoms with E-state index < -0.39 is 0 Å². The molecule has 7 heteroatoms. The third kappa shape index (κ3) is 5.47. The fourth-order valence-corrected chi connectivity index (χ4v) is 2.85. The van der Waals surface area contributed by atoms with Crippen molar-refractivity contribution in [3.05, 3.63) is 60.2 Å². The number of aromatic amines is 1. The average Bonchev–Trinajstić information content (AvgIpc) is 3.35. The smallest absolute Gasteiger partial charge is 0.216 e. The fourth-order valence-electron chi connectivity index (χ4n) is 2.85. The van der Waals surface area contributed by atoms with Crippen molar-refractivity contribution >= 4 is 5.96 Å². The molecule has 0 spiro atoms. The molecular weight excluding hydrogens is 364 g/mol. The largest absolute Gasteiger partial charge is 0.443 e. The van der Waals surface area contributed by atoms with E-state index in [4.69, 9.17) is 4.42 Å². The first-order valence-corrected chi connectivity index (χ1v) is 9.90. The standard InChI is InChI=1S/C22H30N6O/c1-6-23-21(26-14-20-25-13-18(29-20)22(2,3)4)28(5)15-19-24-12-17(27-19)16-10-8-7-9-11-16/h7-13H,6,14-15H2,1-5H3,(H,23,26)(H,24,27). The van der Waals surface area contributed by atoms with E-state index in [1.807, 2.05) is 43.3 Å². The Morgan fingerprint density at radius 2 is 1.93 bits per heavy atom. The molecule has 29 heavy (non-hydrogen) atoms. The lowest BCUT2D eigenvalue weighted by molar-refractivity contribution is 0.382. The summed E-state index contributed by atoms with van der Waals surface area (Å²) in [5.41, 5.74) is 2.06. The maximum atomic E-state index is 5.84. The highest BCUT2D eigenvalue weighted by atomic mass is 16.4. The summed E-state index contributed by atoms with van der Waals surface area (Å²) >= 11 is 0. The number of guanidine groups is 1. The van der Waals surface area contributed by atoms with E-state index in [1.165, 1.54) is 0 Å². The monoisotopic (exact) mass is 394 g/mol. The molecule has 3 aromatic rings. The predicted octanol–water partition coefficient (Wildman–Crippen LogP) is 3.96. The van der Waals surface area contributed by atoms with Crippen LogP contribution in [0.5, 0.6) is 0 Å². The number of aromatic nitrogens is 3. The highest BCUT2D eigenvalue weighted by Crippen LogP contribution is 2.23. The van der Waals surface area contributed by atoms with Gasteiger partial charge < -0.3 is 19.6 Å². The van der Waals surface area contributed by atoms with Crippen molar-refractivity contribution in [3.8, 4) is 11.3 Å². The van der Waals surface area contributed by atoms with Crippen LogP contribution >= 0.6 is 0 Å². The van der Waals surface area contributed by atoms with Crippen LogP contribution in [0.1, 0.15) is 45.2 Å². The molecule has 0 bridgehead atoms. The normalized spacial score (nSPS) is 12.2. The molecule has 1 aromatic carbocycles. The van der Waals surface area contributed by atoms with Gasteiger partial charge in [0.1, 0.15) is 18.1 Å². The molecule has 2 N–H and O–H groups in total. The molecule has 0 atom stereocenters.